The van der Waals surface area contributed by atoms with Gasteiger partial charge in [-0.05, 0) is 61.7 Å². The number of anilines is 2. The molecule has 1 aliphatic carbocycles. The average Bonchev–Trinajstić information content (AvgIpc) is 3.47. The SMILES string of the molecule is O=C(C[C@@H]1C[C@H]2c3cc(NC(=O)Nc4ccc(F)cc4)ccc3O[C@H]2[C@@H](CO)O1)NC1CCCC1. The van der Waals surface area contributed by atoms with Gasteiger partial charge < -0.3 is 30.5 Å². The van der Waals surface area contributed by atoms with Gasteiger partial charge in [-0.2, -0.15) is 0 Å². The van der Waals surface area contributed by atoms with Gasteiger partial charge in [0.15, 0.2) is 0 Å². The summed E-state index contributed by atoms with van der Waals surface area (Å²) in [5, 5.41) is 18.5. The largest absolute Gasteiger partial charge is 0.487 e. The summed E-state index contributed by atoms with van der Waals surface area (Å²) in [5.74, 6) is 0.213. The molecule has 2 aliphatic heterocycles. The Labute approximate surface area is 203 Å². The molecule has 186 valence electrons. The Hall–Kier alpha value is -3.17. The molecule has 2 aromatic carbocycles. The molecule has 3 aliphatic rings. The fourth-order valence-electron chi connectivity index (χ4n) is 5.36. The van der Waals surface area contributed by atoms with Crippen LogP contribution < -0.4 is 20.7 Å². The summed E-state index contributed by atoms with van der Waals surface area (Å²) in [6, 6.07) is 10.7. The zero-order chi connectivity index (χ0) is 24.4. The summed E-state index contributed by atoms with van der Waals surface area (Å²) < 4.78 is 25.2. The predicted molar refractivity (Wildman–Crippen MR) is 128 cm³/mol. The number of urea groups is 1. The number of amides is 3. The predicted octanol–water partition coefficient (Wildman–Crippen LogP) is 3.91. The molecule has 35 heavy (non-hydrogen) atoms. The van der Waals surface area contributed by atoms with Crippen molar-refractivity contribution in [3.8, 4) is 5.75 Å². The summed E-state index contributed by atoms with van der Waals surface area (Å²) in [4.78, 5) is 25.0. The molecule has 8 nitrogen and oxygen atoms in total. The van der Waals surface area contributed by atoms with Crippen LogP contribution in [0.5, 0.6) is 5.75 Å². The Kier molecular flexibility index (Phi) is 6.88. The monoisotopic (exact) mass is 483 g/mol. The quantitative estimate of drug-likeness (QED) is 0.498. The van der Waals surface area contributed by atoms with Crippen molar-refractivity contribution in [3.05, 3.63) is 53.8 Å². The molecule has 1 saturated carbocycles. The number of aliphatic hydroxyl groups excluding tert-OH is 1. The van der Waals surface area contributed by atoms with Crippen molar-refractivity contribution in [2.75, 3.05) is 17.2 Å². The first-order valence-electron chi connectivity index (χ1n) is 12.2. The first-order chi connectivity index (χ1) is 17.0. The Morgan fingerprint density at radius 3 is 2.49 bits per heavy atom. The van der Waals surface area contributed by atoms with Crippen LogP contribution in [-0.4, -0.2) is 48.0 Å². The molecule has 0 bridgehead atoms. The number of aliphatic hydroxyl groups is 1. The zero-order valence-corrected chi connectivity index (χ0v) is 19.3. The lowest BCUT2D eigenvalue weighted by Crippen LogP contribution is -2.47. The highest BCUT2D eigenvalue weighted by Crippen LogP contribution is 2.47. The minimum Gasteiger partial charge on any atom is -0.487 e. The number of hydrogen-bond donors (Lipinski definition) is 4. The van der Waals surface area contributed by atoms with Crippen LogP contribution in [0.15, 0.2) is 42.5 Å². The van der Waals surface area contributed by atoms with Crippen molar-refractivity contribution in [1.82, 2.24) is 5.32 Å². The van der Waals surface area contributed by atoms with E-state index in [0.29, 0.717) is 23.5 Å². The van der Waals surface area contributed by atoms with Crippen molar-refractivity contribution >= 4 is 23.3 Å². The molecule has 0 unspecified atom stereocenters. The van der Waals surface area contributed by atoms with E-state index in [4.69, 9.17) is 9.47 Å². The number of hydrogen-bond acceptors (Lipinski definition) is 5. The van der Waals surface area contributed by atoms with Crippen LogP contribution in [0, 0.1) is 5.82 Å². The molecule has 0 spiro atoms. The van der Waals surface area contributed by atoms with Gasteiger partial charge in [-0.1, -0.05) is 12.8 Å². The molecule has 1 saturated heterocycles. The Morgan fingerprint density at radius 2 is 1.74 bits per heavy atom. The third kappa shape index (κ3) is 5.41. The molecule has 2 fully saturated rings. The van der Waals surface area contributed by atoms with Gasteiger partial charge in [0.1, 0.15) is 23.8 Å². The molecular weight excluding hydrogens is 453 g/mol. The maximum Gasteiger partial charge on any atom is 0.323 e. The third-order valence-electron chi connectivity index (χ3n) is 6.99. The summed E-state index contributed by atoms with van der Waals surface area (Å²) in [6.07, 6.45) is 3.93. The smallest absolute Gasteiger partial charge is 0.323 e. The summed E-state index contributed by atoms with van der Waals surface area (Å²) in [7, 11) is 0. The maximum atomic E-state index is 13.1. The van der Waals surface area contributed by atoms with Gasteiger partial charge in [0.25, 0.3) is 0 Å². The third-order valence-corrected chi connectivity index (χ3v) is 6.99. The van der Waals surface area contributed by atoms with E-state index in [-0.39, 0.29) is 48.9 Å². The minimum atomic E-state index is -0.538. The molecule has 9 heteroatoms. The number of carbonyl (C=O) groups is 2. The summed E-state index contributed by atoms with van der Waals surface area (Å²) in [6.45, 7) is -0.207. The van der Waals surface area contributed by atoms with Crippen LogP contribution in [-0.2, 0) is 9.53 Å². The minimum absolute atomic E-state index is 0.0240. The van der Waals surface area contributed by atoms with Crippen LogP contribution in [0.25, 0.3) is 0 Å². The second-order valence-corrected chi connectivity index (χ2v) is 9.50. The molecule has 2 heterocycles. The van der Waals surface area contributed by atoms with Gasteiger partial charge in [-0.3, -0.25) is 4.79 Å². The van der Waals surface area contributed by atoms with Crippen LogP contribution >= 0.6 is 0 Å². The van der Waals surface area contributed by atoms with Gasteiger partial charge >= 0.3 is 6.03 Å². The van der Waals surface area contributed by atoms with E-state index in [2.05, 4.69) is 16.0 Å². The first kappa shape index (κ1) is 23.6. The summed E-state index contributed by atoms with van der Waals surface area (Å²) >= 11 is 0. The second-order valence-electron chi connectivity index (χ2n) is 9.50. The number of halogens is 1. The number of carbonyl (C=O) groups excluding carboxylic acids is 2. The molecule has 0 aromatic heterocycles. The van der Waals surface area contributed by atoms with Crippen molar-refractivity contribution < 1.29 is 28.6 Å². The van der Waals surface area contributed by atoms with Crippen molar-refractivity contribution in [2.45, 2.75) is 68.8 Å². The van der Waals surface area contributed by atoms with Crippen LogP contribution in [0.4, 0.5) is 20.6 Å². The van der Waals surface area contributed by atoms with E-state index >= 15 is 0 Å². The molecule has 4 N–H and O–H groups in total. The summed E-state index contributed by atoms with van der Waals surface area (Å²) in [5.41, 5.74) is 1.97. The Bertz CT molecular complexity index is 1070. The molecule has 4 atom stereocenters. The van der Waals surface area contributed by atoms with E-state index in [1.54, 1.807) is 12.1 Å². The fraction of sp³-hybridized carbons (Fsp3) is 0.462. The van der Waals surface area contributed by atoms with Gasteiger partial charge in [0.05, 0.1) is 19.1 Å². The first-order valence-corrected chi connectivity index (χ1v) is 12.2. The van der Waals surface area contributed by atoms with Crippen molar-refractivity contribution in [3.63, 3.8) is 0 Å². The van der Waals surface area contributed by atoms with Crippen LogP contribution in [0.1, 0.15) is 50.0 Å². The molecular formula is C26H30FN3O5. The van der Waals surface area contributed by atoms with Crippen LogP contribution in [0.2, 0.25) is 0 Å². The van der Waals surface area contributed by atoms with Gasteiger partial charge in [-0.25, -0.2) is 9.18 Å². The van der Waals surface area contributed by atoms with E-state index in [9.17, 15) is 19.1 Å². The number of benzene rings is 2. The number of ether oxygens (including phenoxy) is 2. The maximum absolute atomic E-state index is 13.1. The van der Waals surface area contributed by atoms with Crippen molar-refractivity contribution in [1.29, 1.82) is 0 Å². The highest BCUT2D eigenvalue weighted by molar-refractivity contribution is 5.99. The molecule has 3 amide bonds. The average molecular weight is 484 g/mol. The standard InChI is InChI=1S/C26H30FN3O5/c27-15-5-7-17(8-6-15)29-26(33)30-18-9-10-22-20(11-18)21-12-19(34-23(14-31)25(21)35-22)13-24(32)28-16-3-1-2-4-16/h5-11,16,19,21,23,25,31H,1-4,12-14H2,(H,28,32)(H2,29,30,33)/t19-,21-,23+,25+/m0/s1. The van der Waals surface area contributed by atoms with E-state index in [1.165, 1.54) is 24.3 Å². The highest BCUT2D eigenvalue weighted by atomic mass is 19.1. The second kappa shape index (κ2) is 10.2. The lowest BCUT2D eigenvalue weighted by Gasteiger charge is -2.37. The van der Waals surface area contributed by atoms with Gasteiger partial charge in [0, 0.05) is 28.9 Å². The van der Waals surface area contributed by atoms with E-state index < -0.39 is 12.1 Å². The lowest BCUT2D eigenvalue weighted by atomic mass is 9.84. The van der Waals surface area contributed by atoms with Crippen molar-refractivity contribution in [2.24, 2.45) is 0 Å². The number of fused-ring (bicyclic) bond motifs is 3. The highest BCUT2D eigenvalue weighted by Gasteiger charge is 2.46. The normalized spacial score (nSPS) is 25.3. The topological polar surface area (TPSA) is 109 Å². The number of rotatable bonds is 6. The van der Waals surface area contributed by atoms with Gasteiger partial charge in [0.2, 0.25) is 5.91 Å². The van der Waals surface area contributed by atoms with E-state index in [1.807, 2.05) is 6.07 Å². The Morgan fingerprint density at radius 1 is 1.03 bits per heavy atom. The Balaban J connectivity index is 1.25. The molecule has 5 rings (SSSR count). The molecule has 2 aromatic rings. The van der Waals surface area contributed by atoms with Crippen LogP contribution in [0.3, 0.4) is 0 Å². The van der Waals surface area contributed by atoms with Gasteiger partial charge in [-0.15, -0.1) is 0 Å². The lowest BCUT2D eigenvalue weighted by molar-refractivity contribution is -0.142. The fourth-order valence-corrected chi connectivity index (χ4v) is 5.36. The van der Waals surface area contributed by atoms with E-state index in [0.717, 1.165) is 31.2 Å². The zero-order valence-electron chi connectivity index (χ0n) is 19.3. The molecule has 0 radical (unpaired) electrons. The number of nitrogens with one attached hydrogen (secondary N) is 3.